The minimum Gasteiger partial charge on any atom is -0.294 e. The second-order valence-electron chi connectivity index (χ2n) is 4.88. The summed E-state index contributed by atoms with van der Waals surface area (Å²) in [6, 6.07) is 6.76. The van der Waals surface area contributed by atoms with Gasteiger partial charge in [0.05, 0.1) is 16.2 Å². The van der Waals surface area contributed by atoms with Crippen molar-refractivity contribution in [2.24, 2.45) is 0 Å². The Morgan fingerprint density at radius 3 is 3.00 bits per heavy atom. The number of nitro benzene ring substituents is 1. The molecule has 0 saturated heterocycles. The number of aromatic nitrogens is 2. The fraction of sp³-hybridized carbons (Fsp3) is 0.214. The molecule has 6 heteroatoms. The monoisotopic (exact) mass is 285 g/mol. The SMILES string of the molecule is O=[N+]([O-])c1ccccc1-c1cn2c3c(sc2n1)CCC3. The molecule has 1 aliphatic rings. The Labute approximate surface area is 118 Å². The highest BCUT2D eigenvalue weighted by Crippen LogP contribution is 2.35. The van der Waals surface area contributed by atoms with E-state index in [0.717, 1.165) is 17.8 Å². The lowest BCUT2D eigenvalue weighted by Crippen LogP contribution is -1.91. The van der Waals surface area contributed by atoms with Crippen LogP contribution in [0.5, 0.6) is 0 Å². The van der Waals surface area contributed by atoms with E-state index in [0.29, 0.717) is 11.3 Å². The van der Waals surface area contributed by atoms with E-state index < -0.39 is 0 Å². The van der Waals surface area contributed by atoms with E-state index in [1.54, 1.807) is 29.5 Å². The zero-order valence-electron chi connectivity index (χ0n) is 10.6. The Morgan fingerprint density at radius 2 is 2.15 bits per heavy atom. The molecule has 0 bridgehead atoms. The van der Waals surface area contributed by atoms with Gasteiger partial charge in [-0.25, -0.2) is 4.98 Å². The van der Waals surface area contributed by atoms with Gasteiger partial charge >= 0.3 is 0 Å². The summed E-state index contributed by atoms with van der Waals surface area (Å²) in [4.78, 5) is 17.7. The molecule has 2 heterocycles. The molecule has 3 aromatic rings. The molecule has 0 saturated carbocycles. The first-order valence-electron chi connectivity index (χ1n) is 6.47. The lowest BCUT2D eigenvalue weighted by Gasteiger charge is -1.98. The van der Waals surface area contributed by atoms with Crippen molar-refractivity contribution in [3.05, 3.63) is 51.1 Å². The summed E-state index contributed by atoms with van der Waals surface area (Å²) in [5.41, 5.74) is 2.69. The highest BCUT2D eigenvalue weighted by molar-refractivity contribution is 7.17. The smallest absolute Gasteiger partial charge is 0.278 e. The third-order valence-electron chi connectivity index (χ3n) is 3.69. The van der Waals surface area contributed by atoms with Crippen molar-refractivity contribution in [1.29, 1.82) is 0 Å². The van der Waals surface area contributed by atoms with Crippen LogP contribution < -0.4 is 0 Å². The molecule has 5 nitrogen and oxygen atoms in total. The van der Waals surface area contributed by atoms with E-state index in [4.69, 9.17) is 0 Å². The molecular formula is C14H11N3O2S. The van der Waals surface area contributed by atoms with Gasteiger partial charge in [0.15, 0.2) is 4.96 Å². The quantitative estimate of drug-likeness (QED) is 0.535. The van der Waals surface area contributed by atoms with Crippen LogP contribution in [-0.4, -0.2) is 14.3 Å². The van der Waals surface area contributed by atoms with Crippen LogP contribution in [0.1, 0.15) is 17.0 Å². The zero-order valence-corrected chi connectivity index (χ0v) is 11.4. The Kier molecular flexibility index (Phi) is 2.40. The Hall–Kier alpha value is -2.21. The summed E-state index contributed by atoms with van der Waals surface area (Å²) in [7, 11) is 0. The molecule has 2 aromatic heterocycles. The predicted octanol–water partition coefficient (Wildman–Crippen LogP) is 3.46. The number of hydrogen-bond acceptors (Lipinski definition) is 4. The number of benzene rings is 1. The molecule has 0 spiro atoms. The maximum Gasteiger partial charge on any atom is 0.278 e. The molecule has 0 fully saturated rings. The molecule has 0 N–H and O–H groups in total. The second kappa shape index (κ2) is 4.14. The van der Waals surface area contributed by atoms with Gasteiger partial charge in [-0.15, -0.1) is 11.3 Å². The minimum absolute atomic E-state index is 0.106. The van der Waals surface area contributed by atoms with Gasteiger partial charge < -0.3 is 0 Å². The van der Waals surface area contributed by atoms with Crippen LogP contribution in [0.3, 0.4) is 0 Å². The average Bonchev–Trinajstić information content (AvgIpc) is 3.09. The Bertz CT molecular complexity index is 834. The predicted molar refractivity (Wildman–Crippen MR) is 77.2 cm³/mol. The zero-order chi connectivity index (χ0) is 13.7. The second-order valence-corrected chi connectivity index (χ2v) is 5.94. The van der Waals surface area contributed by atoms with Crippen LogP contribution >= 0.6 is 11.3 Å². The standard InChI is InChI=1S/C14H11N3O2S/c18-17(19)11-5-2-1-4-9(11)10-8-16-12-6-3-7-13(12)20-14(16)15-10/h1-2,4-5,8H,3,6-7H2. The molecule has 0 amide bonds. The maximum atomic E-state index is 11.1. The normalized spacial score (nSPS) is 13.8. The number of nitrogens with zero attached hydrogens (tertiary/aromatic N) is 3. The summed E-state index contributed by atoms with van der Waals surface area (Å²) in [5.74, 6) is 0. The lowest BCUT2D eigenvalue weighted by molar-refractivity contribution is -0.384. The summed E-state index contributed by atoms with van der Waals surface area (Å²) in [5, 5.41) is 11.1. The number of hydrogen-bond donors (Lipinski definition) is 0. The maximum absolute atomic E-state index is 11.1. The first kappa shape index (κ1) is 11.6. The van der Waals surface area contributed by atoms with Gasteiger partial charge in [-0.3, -0.25) is 14.5 Å². The van der Waals surface area contributed by atoms with Gasteiger partial charge in [-0.2, -0.15) is 0 Å². The number of nitro groups is 1. The molecule has 0 aliphatic heterocycles. The number of imidazole rings is 1. The van der Waals surface area contributed by atoms with Gasteiger partial charge in [0.25, 0.3) is 5.69 Å². The third kappa shape index (κ3) is 1.58. The van der Waals surface area contributed by atoms with E-state index in [-0.39, 0.29) is 10.6 Å². The van der Waals surface area contributed by atoms with E-state index in [2.05, 4.69) is 9.38 Å². The van der Waals surface area contributed by atoms with Gasteiger partial charge in [0.2, 0.25) is 0 Å². The number of aryl methyl sites for hydroxylation is 2. The molecule has 4 rings (SSSR count). The number of fused-ring (bicyclic) bond motifs is 3. The van der Waals surface area contributed by atoms with Gasteiger partial charge in [-0.1, -0.05) is 12.1 Å². The van der Waals surface area contributed by atoms with Crippen LogP contribution in [0, 0.1) is 10.1 Å². The van der Waals surface area contributed by atoms with Crippen molar-refractivity contribution in [3.8, 4) is 11.3 Å². The summed E-state index contributed by atoms with van der Waals surface area (Å²) in [6.07, 6.45) is 5.32. The molecule has 100 valence electrons. The molecular weight excluding hydrogens is 274 g/mol. The minimum atomic E-state index is -0.354. The van der Waals surface area contributed by atoms with Crippen LogP contribution in [0.25, 0.3) is 16.2 Å². The highest BCUT2D eigenvalue weighted by atomic mass is 32.1. The van der Waals surface area contributed by atoms with Gasteiger partial charge in [-0.05, 0) is 25.3 Å². The Morgan fingerprint density at radius 1 is 1.30 bits per heavy atom. The van der Waals surface area contributed by atoms with E-state index >= 15 is 0 Å². The molecule has 1 aliphatic carbocycles. The number of thiazole rings is 1. The van der Waals surface area contributed by atoms with Gasteiger partial charge in [0.1, 0.15) is 0 Å². The highest BCUT2D eigenvalue weighted by Gasteiger charge is 2.22. The summed E-state index contributed by atoms with van der Waals surface area (Å²) >= 11 is 1.70. The fourth-order valence-corrected chi connectivity index (χ4v) is 3.97. The molecule has 0 unspecified atom stereocenters. The molecule has 20 heavy (non-hydrogen) atoms. The van der Waals surface area contributed by atoms with Crippen LogP contribution in [0.2, 0.25) is 0 Å². The van der Waals surface area contributed by atoms with Crippen molar-refractivity contribution in [2.75, 3.05) is 0 Å². The van der Waals surface area contributed by atoms with Crippen molar-refractivity contribution < 1.29 is 4.92 Å². The van der Waals surface area contributed by atoms with Gasteiger partial charge in [0, 0.05) is 22.8 Å². The van der Waals surface area contributed by atoms with Crippen molar-refractivity contribution in [2.45, 2.75) is 19.3 Å². The Balaban J connectivity index is 1.91. The summed E-state index contributed by atoms with van der Waals surface area (Å²) in [6.45, 7) is 0. The first-order chi connectivity index (χ1) is 9.74. The molecule has 1 aromatic carbocycles. The van der Waals surface area contributed by atoms with Crippen LogP contribution in [-0.2, 0) is 12.8 Å². The number of para-hydroxylation sites is 1. The topological polar surface area (TPSA) is 60.4 Å². The third-order valence-corrected chi connectivity index (χ3v) is 4.85. The summed E-state index contributed by atoms with van der Waals surface area (Å²) < 4.78 is 2.10. The lowest BCUT2D eigenvalue weighted by atomic mass is 10.1. The van der Waals surface area contributed by atoms with E-state index in [9.17, 15) is 10.1 Å². The molecule has 0 atom stereocenters. The first-order valence-corrected chi connectivity index (χ1v) is 7.29. The van der Waals surface area contributed by atoms with E-state index in [1.165, 1.54) is 23.1 Å². The van der Waals surface area contributed by atoms with Crippen molar-refractivity contribution in [1.82, 2.24) is 9.38 Å². The van der Waals surface area contributed by atoms with Crippen LogP contribution in [0.4, 0.5) is 5.69 Å². The average molecular weight is 285 g/mol. The van der Waals surface area contributed by atoms with Crippen molar-refractivity contribution >= 4 is 22.0 Å². The largest absolute Gasteiger partial charge is 0.294 e. The fourth-order valence-electron chi connectivity index (χ4n) is 2.78. The number of rotatable bonds is 2. The van der Waals surface area contributed by atoms with Crippen molar-refractivity contribution in [3.63, 3.8) is 0 Å². The van der Waals surface area contributed by atoms with E-state index in [1.807, 2.05) is 6.20 Å². The molecule has 0 radical (unpaired) electrons. The van der Waals surface area contributed by atoms with Crippen LogP contribution in [0.15, 0.2) is 30.5 Å².